The van der Waals surface area contributed by atoms with Gasteiger partial charge in [0.05, 0.1) is 13.2 Å². The minimum atomic E-state index is -0.382. The molecule has 0 unspecified atom stereocenters. The normalized spacial score (nSPS) is 14.8. The lowest BCUT2D eigenvalue weighted by atomic mass is 10.1. The van der Waals surface area contributed by atoms with Crippen molar-refractivity contribution in [2.24, 2.45) is 0 Å². The number of hydrogen-bond acceptors (Lipinski definition) is 4. The van der Waals surface area contributed by atoms with Crippen molar-refractivity contribution in [3.8, 4) is 6.07 Å². The van der Waals surface area contributed by atoms with E-state index >= 15 is 0 Å². The molecule has 0 atom stereocenters. The van der Waals surface area contributed by atoms with Gasteiger partial charge in [-0.15, -0.1) is 0 Å². The van der Waals surface area contributed by atoms with Crippen molar-refractivity contribution in [3.63, 3.8) is 0 Å². The molecule has 126 valence electrons. The molecule has 1 saturated heterocycles. The molecule has 1 N–H and O–H groups in total. The van der Waals surface area contributed by atoms with Gasteiger partial charge >= 0.3 is 0 Å². The Labute approximate surface area is 141 Å². The number of carbonyl (C=O) groups excluding carboxylic acids is 2. The van der Waals surface area contributed by atoms with Gasteiger partial charge in [-0.2, -0.15) is 5.26 Å². The van der Waals surface area contributed by atoms with Crippen LogP contribution in [0.5, 0.6) is 0 Å². The average Bonchev–Trinajstić information content (AvgIpc) is 2.64. The zero-order valence-electron chi connectivity index (χ0n) is 13.7. The maximum atomic E-state index is 12.4. The first kappa shape index (κ1) is 17.7. The van der Waals surface area contributed by atoms with Crippen molar-refractivity contribution in [2.75, 3.05) is 32.8 Å². The van der Waals surface area contributed by atoms with Crippen LogP contribution in [0.1, 0.15) is 29.3 Å². The number of carbonyl (C=O) groups is 2. The van der Waals surface area contributed by atoms with Crippen LogP contribution in [0.25, 0.3) is 6.08 Å². The van der Waals surface area contributed by atoms with E-state index in [0.29, 0.717) is 44.0 Å². The summed E-state index contributed by atoms with van der Waals surface area (Å²) in [6.07, 6.45) is 2.33. The second kappa shape index (κ2) is 8.85. The van der Waals surface area contributed by atoms with E-state index in [1.54, 1.807) is 29.2 Å². The van der Waals surface area contributed by atoms with Gasteiger partial charge < -0.3 is 15.0 Å². The molecule has 24 heavy (non-hydrogen) atoms. The van der Waals surface area contributed by atoms with E-state index in [2.05, 4.69) is 5.32 Å². The van der Waals surface area contributed by atoms with E-state index in [4.69, 9.17) is 10.00 Å². The third kappa shape index (κ3) is 4.67. The number of rotatable bonds is 5. The van der Waals surface area contributed by atoms with Crippen LogP contribution in [0, 0.1) is 11.3 Å². The second-order valence-corrected chi connectivity index (χ2v) is 5.45. The van der Waals surface area contributed by atoms with Gasteiger partial charge in [0.25, 0.3) is 11.8 Å². The molecule has 0 saturated carbocycles. The average molecular weight is 327 g/mol. The Hall–Kier alpha value is -2.65. The molecule has 2 amide bonds. The molecule has 0 aromatic heterocycles. The van der Waals surface area contributed by atoms with E-state index in [1.165, 1.54) is 6.08 Å². The molecule has 6 nitrogen and oxygen atoms in total. The third-order valence-electron chi connectivity index (χ3n) is 3.67. The molecular formula is C18H21N3O3. The maximum absolute atomic E-state index is 12.4. The SMILES string of the molecule is CCCNC(=O)/C(C#N)=C\c1ccc(C(=O)N2CCOCC2)cc1. The van der Waals surface area contributed by atoms with Gasteiger partial charge in [-0.05, 0) is 30.2 Å². The van der Waals surface area contributed by atoms with Gasteiger partial charge in [0.2, 0.25) is 0 Å². The predicted octanol–water partition coefficient (Wildman–Crippen LogP) is 1.59. The van der Waals surface area contributed by atoms with Gasteiger partial charge in [-0.3, -0.25) is 9.59 Å². The maximum Gasteiger partial charge on any atom is 0.261 e. The predicted molar refractivity (Wildman–Crippen MR) is 90.1 cm³/mol. The van der Waals surface area contributed by atoms with E-state index < -0.39 is 0 Å². The monoisotopic (exact) mass is 327 g/mol. The number of benzene rings is 1. The molecule has 1 fully saturated rings. The number of hydrogen-bond donors (Lipinski definition) is 1. The first-order chi connectivity index (χ1) is 11.7. The second-order valence-electron chi connectivity index (χ2n) is 5.45. The Bertz CT molecular complexity index is 653. The fraction of sp³-hybridized carbons (Fsp3) is 0.389. The van der Waals surface area contributed by atoms with E-state index in [-0.39, 0.29) is 17.4 Å². The van der Waals surface area contributed by atoms with Crippen molar-refractivity contribution < 1.29 is 14.3 Å². The number of ether oxygens (including phenoxy) is 1. The van der Waals surface area contributed by atoms with Gasteiger partial charge in [0.1, 0.15) is 11.6 Å². The highest BCUT2D eigenvalue weighted by Crippen LogP contribution is 2.12. The number of nitrogens with one attached hydrogen (secondary N) is 1. The van der Waals surface area contributed by atoms with Crippen molar-refractivity contribution in [2.45, 2.75) is 13.3 Å². The summed E-state index contributed by atoms with van der Waals surface area (Å²) in [7, 11) is 0. The van der Waals surface area contributed by atoms with Crippen molar-refractivity contribution in [1.29, 1.82) is 5.26 Å². The Kier molecular flexibility index (Phi) is 6.52. The van der Waals surface area contributed by atoms with Crippen LogP contribution in [0.4, 0.5) is 0 Å². The van der Waals surface area contributed by atoms with Crippen LogP contribution in [0.3, 0.4) is 0 Å². The molecule has 1 aromatic carbocycles. The molecule has 0 spiro atoms. The van der Waals surface area contributed by atoms with Crippen LogP contribution < -0.4 is 5.32 Å². The molecule has 6 heteroatoms. The summed E-state index contributed by atoms with van der Waals surface area (Å²) in [6, 6.07) is 8.80. The first-order valence-corrected chi connectivity index (χ1v) is 8.02. The molecule has 1 aliphatic rings. The summed E-state index contributed by atoms with van der Waals surface area (Å²) in [5.41, 5.74) is 1.34. The third-order valence-corrected chi connectivity index (χ3v) is 3.67. The highest BCUT2D eigenvalue weighted by molar-refractivity contribution is 6.01. The summed E-state index contributed by atoms with van der Waals surface area (Å²) >= 11 is 0. The van der Waals surface area contributed by atoms with Gasteiger partial charge in [-0.25, -0.2) is 0 Å². The molecule has 1 heterocycles. The summed E-state index contributed by atoms with van der Waals surface area (Å²) in [6.45, 7) is 4.79. The Morgan fingerprint density at radius 3 is 2.54 bits per heavy atom. The Balaban J connectivity index is 2.07. The molecule has 1 aromatic rings. The van der Waals surface area contributed by atoms with Crippen molar-refractivity contribution >= 4 is 17.9 Å². The Morgan fingerprint density at radius 2 is 1.96 bits per heavy atom. The number of amides is 2. The lowest BCUT2D eigenvalue weighted by Gasteiger charge is -2.26. The summed E-state index contributed by atoms with van der Waals surface area (Å²) < 4.78 is 5.24. The lowest BCUT2D eigenvalue weighted by molar-refractivity contribution is -0.117. The van der Waals surface area contributed by atoms with Crippen LogP contribution >= 0.6 is 0 Å². The fourth-order valence-electron chi connectivity index (χ4n) is 2.32. The van der Waals surface area contributed by atoms with Gasteiger partial charge in [0.15, 0.2) is 0 Å². The minimum absolute atomic E-state index is 0.0324. The highest BCUT2D eigenvalue weighted by atomic mass is 16.5. The molecule has 0 aliphatic carbocycles. The minimum Gasteiger partial charge on any atom is -0.378 e. The molecule has 2 rings (SSSR count). The van der Waals surface area contributed by atoms with Crippen LogP contribution in [0.2, 0.25) is 0 Å². The van der Waals surface area contributed by atoms with Crippen LogP contribution in [0.15, 0.2) is 29.8 Å². The topological polar surface area (TPSA) is 82.4 Å². The van der Waals surface area contributed by atoms with Gasteiger partial charge in [0, 0.05) is 25.2 Å². The first-order valence-electron chi connectivity index (χ1n) is 8.02. The molecule has 1 aliphatic heterocycles. The number of nitriles is 1. The zero-order valence-corrected chi connectivity index (χ0v) is 13.7. The lowest BCUT2D eigenvalue weighted by Crippen LogP contribution is -2.40. The summed E-state index contributed by atoms with van der Waals surface area (Å²) in [4.78, 5) is 26.0. The standard InChI is InChI=1S/C18H21N3O3/c1-2-7-20-17(22)16(13-19)12-14-3-5-15(6-4-14)18(23)21-8-10-24-11-9-21/h3-6,12H,2,7-11H2,1H3,(H,20,22)/b16-12-. The molecule has 0 bridgehead atoms. The van der Waals surface area contributed by atoms with E-state index in [9.17, 15) is 9.59 Å². The smallest absolute Gasteiger partial charge is 0.261 e. The van der Waals surface area contributed by atoms with Crippen molar-refractivity contribution in [1.82, 2.24) is 10.2 Å². The zero-order chi connectivity index (χ0) is 17.4. The van der Waals surface area contributed by atoms with Crippen LogP contribution in [-0.4, -0.2) is 49.6 Å². The highest BCUT2D eigenvalue weighted by Gasteiger charge is 2.18. The molecular weight excluding hydrogens is 306 g/mol. The summed E-state index contributed by atoms with van der Waals surface area (Å²) in [5.74, 6) is -0.414. The summed E-state index contributed by atoms with van der Waals surface area (Å²) in [5, 5.41) is 11.8. The molecule has 0 radical (unpaired) electrons. The Morgan fingerprint density at radius 1 is 1.29 bits per heavy atom. The largest absolute Gasteiger partial charge is 0.378 e. The fourth-order valence-corrected chi connectivity index (χ4v) is 2.32. The number of morpholine rings is 1. The van der Waals surface area contributed by atoms with E-state index in [0.717, 1.165) is 6.42 Å². The quantitative estimate of drug-likeness (QED) is 0.658. The van der Waals surface area contributed by atoms with Crippen molar-refractivity contribution in [3.05, 3.63) is 41.0 Å². The van der Waals surface area contributed by atoms with Gasteiger partial charge in [-0.1, -0.05) is 19.1 Å². The van der Waals surface area contributed by atoms with Crippen LogP contribution in [-0.2, 0) is 9.53 Å². The van der Waals surface area contributed by atoms with E-state index in [1.807, 2.05) is 13.0 Å². The number of nitrogens with zero attached hydrogens (tertiary/aromatic N) is 2.